The molecule has 0 fully saturated rings. The molecule has 0 heterocycles. The highest BCUT2D eigenvalue weighted by Gasteiger charge is 2.05. The third kappa shape index (κ3) is 4.25. The molecule has 0 saturated heterocycles. The van der Waals surface area contributed by atoms with Crippen LogP contribution >= 0.6 is 27.5 Å². The first-order valence-corrected chi connectivity index (χ1v) is 7.27. The van der Waals surface area contributed by atoms with E-state index in [1.165, 1.54) is 0 Å². The first-order valence-electron chi connectivity index (χ1n) is 6.10. The zero-order valence-electron chi connectivity index (χ0n) is 10.9. The highest BCUT2D eigenvalue weighted by atomic mass is 79.9. The Morgan fingerprint density at radius 2 is 2.05 bits per heavy atom. The van der Waals surface area contributed by atoms with Crippen LogP contribution in [0.4, 0.5) is 11.4 Å². The number of anilines is 2. The Balaban J connectivity index is 1.94. The number of carbonyl (C=O) groups excluding carboxylic acids is 1. The Bertz CT molecular complexity index is 631. The smallest absolute Gasteiger partial charge is 0.243 e. The van der Waals surface area contributed by atoms with Crippen molar-refractivity contribution in [3.8, 4) is 0 Å². The number of rotatable bonds is 4. The van der Waals surface area contributed by atoms with E-state index < -0.39 is 0 Å². The topological polar surface area (TPSA) is 41.1 Å². The lowest BCUT2D eigenvalue weighted by Gasteiger charge is -2.10. The molecule has 2 N–H and O–H groups in total. The summed E-state index contributed by atoms with van der Waals surface area (Å²) in [5, 5.41) is 6.45. The van der Waals surface area contributed by atoms with Gasteiger partial charge in [-0.05, 0) is 42.8 Å². The van der Waals surface area contributed by atoms with Crippen molar-refractivity contribution in [1.82, 2.24) is 0 Å². The molecule has 2 aromatic carbocycles. The summed E-state index contributed by atoms with van der Waals surface area (Å²) in [5.41, 5.74) is 2.60. The number of amides is 1. The van der Waals surface area contributed by atoms with Gasteiger partial charge in [-0.1, -0.05) is 39.7 Å². The zero-order chi connectivity index (χ0) is 14.5. The summed E-state index contributed by atoms with van der Waals surface area (Å²) in [7, 11) is 0. The minimum atomic E-state index is -0.124. The van der Waals surface area contributed by atoms with Crippen molar-refractivity contribution in [2.75, 3.05) is 17.2 Å². The van der Waals surface area contributed by atoms with Crippen LogP contribution in [-0.2, 0) is 4.79 Å². The molecule has 0 bridgehead atoms. The minimum Gasteiger partial charge on any atom is -0.375 e. The van der Waals surface area contributed by atoms with Gasteiger partial charge in [0.25, 0.3) is 0 Å². The molecule has 0 spiro atoms. The highest BCUT2D eigenvalue weighted by molar-refractivity contribution is 9.10. The Morgan fingerprint density at radius 1 is 1.25 bits per heavy atom. The van der Waals surface area contributed by atoms with Crippen LogP contribution in [0, 0.1) is 6.92 Å². The van der Waals surface area contributed by atoms with Crippen LogP contribution in [0.5, 0.6) is 0 Å². The second-order valence-corrected chi connectivity index (χ2v) is 5.72. The third-order valence-electron chi connectivity index (χ3n) is 2.67. The Labute approximate surface area is 131 Å². The van der Waals surface area contributed by atoms with Crippen molar-refractivity contribution in [3.63, 3.8) is 0 Å². The van der Waals surface area contributed by atoms with Gasteiger partial charge in [-0.25, -0.2) is 0 Å². The third-order valence-corrected chi connectivity index (χ3v) is 3.49. The van der Waals surface area contributed by atoms with Gasteiger partial charge in [-0.2, -0.15) is 0 Å². The van der Waals surface area contributed by atoms with Crippen molar-refractivity contribution >= 4 is 44.8 Å². The average molecular weight is 354 g/mol. The molecule has 0 radical (unpaired) electrons. The van der Waals surface area contributed by atoms with Crippen LogP contribution in [0.1, 0.15) is 5.56 Å². The van der Waals surface area contributed by atoms with Gasteiger partial charge in [0.1, 0.15) is 0 Å². The summed E-state index contributed by atoms with van der Waals surface area (Å²) in [4.78, 5) is 11.9. The van der Waals surface area contributed by atoms with Crippen LogP contribution in [0.2, 0.25) is 5.02 Å². The largest absolute Gasteiger partial charge is 0.375 e. The van der Waals surface area contributed by atoms with E-state index in [0.717, 1.165) is 21.4 Å². The average Bonchev–Trinajstić information content (AvgIpc) is 2.40. The normalized spacial score (nSPS) is 10.2. The van der Waals surface area contributed by atoms with Crippen LogP contribution in [0.3, 0.4) is 0 Å². The molecular weight excluding hydrogens is 340 g/mol. The van der Waals surface area contributed by atoms with E-state index in [0.29, 0.717) is 5.02 Å². The van der Waals surface area contributed by atoms with Crippen molar-refractivity contribution in [2.24, 2.45) is 0 Å². The minimum absolute atomic E-state index is 0.124. The number of carbonyl (C=O) groups is 1. The van der Waals surface area contributed by atoms with Crippen LogP contribution in [0.15, 0.2) is 46.9 Å². The molecular formula is C15H14BrClN2O. The highest BCUT2D eigenvalue weighted by Crippen LogP contribution is 2.22. The lowest BCUT2D eigenvalue weighted by atomic mass is 10.2. The SMILES string of the molecule is Cc1ccc(Cl)c(NCC(=O)Nc2cccc(Br)c2)c1. The van der Waals surface area contributed by atoms with Crippen LogP contribution < -0.4 is 10.6 Å². The van der Waals surface area contributed by atoms with Gasteiger partial charge in [0.2, 0.25) is 5.91 Å². The maximum absolute atomic E-state index is 11.9. The maximum atomic E-state index is 11.9. The van der Waals surface area contributed by atoms with Crippen molar-refractivity contribution in [2.45, 2.75) is 6.92 Å². The first kappa shape index (κ1) is 14.9. The molecule has 0 atom stereocenters. The van der Waals surface area contributed by atoms with Gasteiger partial charge in [0, 0.05) is 10.2 Å². The summed E-state index contributed by atoms with van der Waals surface area (Å²) < 4.78 is 0.921. The number of benzene rings is 2. The second kappa shape index (κ2) is 6.77. The van der Waals surface area contributed by atoms with Crippen molar-refractivity contribution < 1.29 is 4.79 Å². The Kier molecular flexibility index (Phi) is 5.04. The summed E-state index contributed by atoms with van der Waals surface area (Å²) >= 11 is 9.42. The fraction of sp³-hybridized carbons (Fsp3) is 0.133. The molecule has 0 aliphatic rings. The molecule has 3 nitrogen and oxygen atoms in total. The maximum Gasteiger partial charge on any atom is 0.243 e. The molecule has 0 aliphatic heterocycles. The Hall–Kier alpha value is -1.52. The fourth-order valence-electron chi connectivity index (χ4n) is 1.72. The van der Waals surface area contributed by atoms with Crippen LogP contribution in [0.25, 0.3) is 0 Å². The zero-order valence-corrected chi connectivity index (χ0v) is 13.3. The molecule has 20 heavy (non-hydrogen) atoms. The predicted octanol–water partition coefficient (Wildman–Crippen LogP) is 4.46. The molecule has 1 amide bonds. The second-order valence-electron chi connectivity index (χ2n) is 4.40. The molecule has 0 aliphatic carbocycles. The number of hydrogen-bond acceptors (Lipinski definition) is 2. The Morgan fingerprint density at radius 3 is 2.80 bits per heavy atom. The van der Waals surface area contributed by atoms with E-state index in [2.05, 4.69) is 26.6 Å². The summed E-state index contributed by atoms with van der Waals surface area (Å²) in [6, 6.07) is 13.1. The lowest BCUT2D eigenvalue weighted by Crippen LogP contribution is -2.21. The number of hydrogen-bond donors (Lipinski definition) is 2. The molecule has 2 aromatic rings. The van der Waals surface area contributed by atoms with Gasteiger partial charge in [-0.3, -0.25) is 4.79 Å². The quantitative estimate of drug-likeness (QED) is 0.852. The van der Waals surface area contributed by atoms with Gasteiger partial charge < -0.3 is 10.6 Å². The van der Waals surface area contributed by atoms with E-state index in [9.17, 15) is 4.79 Å². The molecule has 0 unspecified atom stereocenters. The molecule has 104 valence electrons. The number of halogens is 2. The first-order chi connectivity index (χ1) is 9.54. The monoisotopic (exact) mass is 352 g/mol. The molecule has 5 heteroatoms. The summed E-state index contributed by atoms with van der Waals surface area (Å²) in [6.45, 7) is 2.14. The molecule has 0 aromatic heterocycles. The van der Waals surface area contributed by atoms with Gasteiger partial charge >= 0.3 is 0 Å². The van der Waals surface area contributed by atoms with E-state index in [-0.39, 0.29) is 12.5 Å². The fourth-order valence-corrected chi connectivity index (χ4v) is 2.31. The molecule has 0 saturated carbocycles. The van der Waals surface area contributed by atoms with Gasteiger partial charge in [-0.15, -0.1) is 0 Å². The summed E-state index contributed by atoms with van der Waals surface area (Å²) in [6.07, 6.45) is 0. The predicted molar refractivity (Wildman–Crippen MR) is 87.5 cm³/mol. The van der Waals surface area contributed by atoms with E-state index in [1.54, 1.807) is 0 Å². The van der Waals surface area contributed by atoms with E-state index >= 15 is 0 Å². The van der Waals surface area contributed by atoms with Gasteiger partial charge in [0.15, 0.2) is 0 Å². The van der Waals surface area contributed by atoms with E-state index in [4.69, 9.17) is 11.6 Å². The lowest BCUT2D eigenvalue weighted by molar-refractivity contribution is -0.114. The van der Waals surface area contributed by atoms with Crippen LogP contribution in [-0.4, -0.2) is 12.5 Å². The number of nitrogens with one attached hydrogen (secondary N) is 2. The van der Waals surface area contributed by atoms with Gasteiger partial charge in [0.05, 0.1) is 17.3 Å². The standard InChI is InChI=1S/C15H14BrClN2O/c1-10-5-6-13(17)14(7-10)18-9-15(20)19-12-4-2-3-11(16)8-12/h2-8,18H,9H2,1H3,(H,19,20). The number of aryl methyl sites for hydroxylation is 1. The summed E-state index contributed by atoms with van der Waals surface area (Å²) in [5.74, 6) is -0.124. The molecule has 2 rings (SSSR count). The van der Waals surface area contributed by atoms with Crippen molar-refractivity contribution in [1.29, 1.82) is 0 Å². The van der Waals surface area contributed by atoms with Crippen molar-refractivity contribution in [3.05, 3.63) is 57.5 Å². The van der Waals surface area contributed by atoms with E-state index in [1.807, 2.05) is 49.4 Å².